The van der Waals surface area contributed by atoms with Gasteiger partial charge in [0.25, 0.3) is 0 Å². The first-order valence-electron chi connectivity index (χ1n) is 5.98. The third-order valence-electron chi connectivity index (χ3n) is 2.67. The number of unbranched alkanes of at least 4 members (excludes halogenated alkanes) is 3. The van der Waals surface area contributed by atoms with Crippen molar-refractivity contribution in [2.75, 3.05) is 13.2 Å². The van der Waals surface area contributed by atoms with Crippen molar-refractivity contribution in [1.29, 1.82) is 0 Å². The minimum absolute atomic E-state index is 0.756. The summed E-state index contributed by atoms with van der Waals surface area (Å²) in [6.07, 6.45) is 14.0. The van der Waals surface area contributed by atoms with Crippen molar-refractivity contribution >= 4 is 0 Å². The zero-order valence-electron chi connectivity index (χ0n) is 9.96. The minimum Gasteiger partial charge on any atom is -0.373 e. The Morgan fingerprint density at radius 2 is 2.27 bits per heavy atom. The van der Waals surface area contributed by atoms with E-state index in [1.165, 1.54) is 36.8 Å². The molecule has 0 fully saturated rings. The molecule has 84 valence electrons. The van der Waals surface area contributed by atoms with Crippen LogP contribution < -0.4 is 0 Å². The lowest BCUT2D eigenvalue weighted by molar-refractivity contribution is 0.181. The van der Waals surface area contributed by atoms with Crippen molar-refractivity contribution < 1.29 is 4.74 Å². The van der Waals surface area contributed by atoms with Gasteiger partial charge in [-0.15, -0.1) is 0 Å². The molecule has 1 rings (SSSR count). The van der Waals surface area contributed by atoms with Crippen LogP contribution in [0.15, 0.2) is 35.5 Å². The fraction of sp³-hybridized carbons (Fsp3) is 0.571. The standard InChI is InChI=1S/C14H22O/c1-3-5-6-7-8-9-14-10-11-15-12-13(14)4-2/h4,8-10H,3,5-7,11-12H2,1-2H3/b9-8+,13-4+. The van der Waals surface area contributed by atoms with Crippen LogP contribution in [0.5, 0.6) is 0 Å². The Kier molecular flexibility index (Phi) is 6.10. The molecule has 0 spiro atoms. The third-order valence-corrected chi connectivity index (χ3v) is 2.67. The van der Waals surface area contributed by atoms with Crippen molar-refractivity contribution in [2.45, 2.75) is 39.5 Å². The van der Waals surface area contributed by atoms with Gasteiger partial charge in [-0.1, -0.05) is 44.1 Å². The number of hydrogen-bond acceptors (Lipinski definition) is 1. The summed E-state index contributed by atoms with van der Waals surface area (Å²) in [5.41, 5.74) is 2.66. The van der Waals surface area contributed by atoms with Gasteiger partial charge < -0.3 is 4.74 Å². The number of rotatable bonds is 5. The summed E-state index contributed by atoms with van der Waals surface area (Å²) in [6.45, 7) is 5.83. The highest BCUT2D eigenvalue weighted by Gasteiger charge is 2.05. The van der Waals surface area contributed by atoms with Gasteiger partial charge in [-0.2, -0.15) is 0 Å². The van der Waals surface area contributed by atoms with Crippen molar-refractivity contribution in [2.24, 2.45) is 0 Å². The van der Waals surface area contributed by atoms with Crippen LogP contribution in [0.3, 0.4) is 0 Å². The van der Waals surface area contributed by atoms with Gasteiger partial charge in [0.2, 0.25) is 0 Å². The van der Waals surface area contributed by atoms with E-state index in [1.807, 2.05) is 0 Å². The molecule has 0 unspecified atom stereocenters. The molecule has 1 heteroatoms. The normalized spacial score (nSPS) is 19.9. The van der Waals surface area contributed by atoms with Gasteiger partial charge in [-0.25, -0.2) is 0 Å². The first-order chi connectivity index (χ1) is 7.38. The van der Waals surface area contributed by atoms with E-state index in [0.717, 1.165) is 13.2 Å². The van der Waals surface area contributed by atoms with Gasteiger partial charge >= 0.3 is 0 Å². The lowest BCUT2D eigenvalue weighted by Crippen LogP contribution is -2.06. The van der Waals surface area contributed by atoms with Gasteiger partial charge in [0.15, 0.2) is 0 Å². The molecule has 0 aromatic heterocycles. The zero-order valence-corrected chi connectivity index (χ0v) is 9.96. The molecule has 0 radical (unpaired) electrons. The molecule has 1 nitrogen and oxygen atoms in total. The summed E-state index contributed by atoms with van der Waals surface area (Å²) in [5.74, 6) is 0. The fourth-order valence-electron chi connectivity index (χ4n) is 1.68. The monoisotopic (exact) mass is 206 g/mol. The van der Waals surface area contributed by atoms with Crippen LogP contribution in [0.1, 0.15) is 39.5 Å². The summed E-state index contributed by atoms with van der Waals surface area (Å²) in [6, 6.07) is 0. The predicted molar refractivity (Wildman–Crippen MR) is 65.9 cm³/mol. The van der Waals surface area contributed by atoms with Crippen LogP contribution in [-0.2, 0) is 4.74 Å². The predicted octanol–water partition coefficient (Wildman–Crippen LogP) is 4.03. The van der Waals surface area contributed by atoms with E-state index in [2.05, 4.69) is 38.2 Å². The van der Waals surface area contributed by atoms with Crippen LogP contribution in [0, 0.1) is 0 Å². The van der Waals surface area contributed by atoms with Crippen molar-refractivity contribution in [1.82, 2.24) is 0 Å². The van der Waals surface area contributed by atoms with Crippen molar-refractivity contribution in [3.63, 3.8) is 0 Å². The highest BCUT2D eigenvalue weighted by atomic mass is 16.5. The van der Waals surface area contributed by atoms with Gasteiger partial charge in [-0.05, 0) is 30.9 Å². The van der Waals surface area contributed by atoms with Gasteiger partial charge in [0, 0.05) is 0 Å². The van der Waals surface area contributed by atoms with Crippen LogP contribution in [-0.4, -0.2) is 13.2 Å². The second-order valence-corrected chi connectivity index (χ2v) is 3.89. The molecule has 0 aromatic carbocycles. The average Bonchev–Trinajstić information content (AvgIpc) is 2.29. The van der Waals surface area contributed by atoms with Gasteiger partial charge in [0.05, 0.1) is 13.2 Å². The molecule has 15 heavy (non-hydrogen) atoms. The Morgan fingerprint density at radius 3 is 3.00 bits per heavy atom. The Morgan fingerprint density at radius 1 is 1.40 bits per heavy atom. The van der Waals surface area contributed by atoms with Crippen LogP contribution in [0.4, 0.5) is 0 Å². The molecular formula is C14H22O. The summed E-state index contributed by atoms with van der Waals surface area (Å²) in [5, 5.41) is 0. The van der Waals surface area contributed by atoms with E-state index >= 15 is 0 Å². The molecular weight excluding hydrogens is 184 g/mol. The second kappa shape index (κ2) is 7.47. The number of ether oxygens (including phenoxy) is 1. The zero-order chi connectivity index (χ0) is 10.9. The molecule has 0 saturated carbocycles. The topological polar surface area (TPSA) is 9.23 Å². The Balaban J connectivity index is 2.38. The highest BCUT2D eigenvalue weighted by molar-refractivity contribution is 5.41. The van der Waals surface area contributed by atoms with Gasteiger partial charge in [-0.3, -0.25) is 0 Å². The van der Waals surface area contributed by atoms with E-state index in [9.17, 15) is 0 Å². The Labute approximate surface area is 93.5 Å². The van der Waals surface area contributed by atoms with E-state index < -0.39 is 0 Å². The maximum absolute atomic E-state index is 5.37. The highest BCUT2D eigenvalue weighted by Crippen LogP contribution is 2.16. The smallest absolute Gasteiger partial charge is 0.0723 e. The molecule has 0 saturated heterocycles. The Hall–Kier alpha value is -0.820. The lowest BCUT2D eigenvalue weighted by Gasteiger charge is -2.14. The Bertz CT molecular complexity index is 259. The maximum Gasteiger partial charge on any atom is 0.0723 e. The molecule has 0 atom stereocenters. The van der Waals surface area contributed by atoms with E-state index in [1.54, 1.807) is 0 Å². The number of hydrogen-bond donors (Lipinski definition) is 0. The fourth-order valence-corrected chi connectivity index (χ4v) is 1.68. The van der Waals surface area contributed by atoms with Gasteiger partial charge in [0.1, 0.15) is 0 Å². The molecule has 1 aliphatic heterocycles. The molecule has 0 bridgehead atoms. The van der Waals surface area contributed by atoms with Crippen LogP contribution in [0.25, 0.3) is 0 Å². The first-order valence-corrected chi connectivity index (χ1v) is 5.98. The molecule has 0 N–H and O–H groups in total. The summed E-state index contributed by atoms with van der Waals surface area (Å²) in [7, 11) is 0. The van der Waals surface area contributed by atoms with E-state index in [0.29, 0.717) is 0 Å². The van der Waals surface area contributed by atoms with Crippen molar-refractivity contribution in [3.8, 4) is 0 Å². The largest absolute Gasteiger partial charge is 0.373 e. The average molecular weight is 206 g/mol. The molecule has 0 amide bonds. The SMILES string of the molecule is C/C=C1\COCC=C1/C=C/CCCCC. The van der Waals surface area contributed by atoms with Crippen LogP contribution >= 0.6 is 0 Å². The molecule has 1 heterocycles. The summed E-state index contributed by atoms with van der Waals surface area (Å²) in [4.78, 5) is 0. The second-order valence-electron chi connectivity index (χ2n) is 3.89. The third kappa shape index (κ3) is 4.48. The van der Waals surface area contributed by atoms with Crippen molar-refractivity contribution in [3.05, 3.63) is 35.5 Å². The molecule has 0 aliphatic carbocycles. The molecule has 0 aromatic rings. The summed E-state index contributed by atoms with van der Waals surface area (Å²) >= 11 is 0. The van der Waals surface area contributed by atoms with E-state index in [4.69, 9.17) is 4.74 Å². The number of allylic oxidation sites excluding steroid dienone is 3. The molecule has 1 aliphatic rings. The van der Waals surface area contributed by atoms with E-state index in [-0.39, 0.29) is 0 Å². The lowest BCUT2D eigenvalue weighted by atomic mass is 10.0. The van der Waals surface area contributed by atoms with Crippen LogP contribution in [0.2, 0.25) is 0 Å². The maximum atomic E-state index is 5.37. The summed E-state index contributed by atoms with van der Waals surface area (Å²) < 4.78 is 5.37. The quantitative estimate of drug-likeness (QED) is 0.617. The minimum atomic E-state index is 0.756. The first kappa shape index (κ1) is 12.3.